The van der Waals surface area contributed by atoms with Crippen LogP contribution >= 0.6 is 0 Å². The minimum absolute atomic E-state index is 0.298. The van der Waals surface area contributed by atoms with Gasteiger partial charge in [-0.25, -0.2) is 0 Å². The molecule has 0 aliphatic heterocycles. The molecule has 1 aliphatic rings. The third kappa shape index (κ3) is 4.94. The number of rotatable bonds is 8. The van der Waals surface area contributed by atoms with E-state index in [2.05, 4.69) is 48.5 Å². The van der Waals surface area contributed by atoms with Gasteiger partial charge in [0.25, 0.3) is 0 Å². The van der Waals surface area contributed by atoms with Crippen molar-refractivity contribution in [2.45, 2.75) is 65.7 Å². The van der Waals surface area contributed by atoms with E-state index >= 15 is 0 Å². The Bertz CT molecular complexity index is 499. The van der Waals surface area contributed by atoms with Crippen LogP contribution in [0.15, 0.2) is 9.52 Å². The fourth-order valence-electron chi connectivity index (χ4n) is 2.78. The van der Waals surface area contributed by atoms with E-state index in [1.54, 1.807) is 0 Å². The van der Waals surface area contributed by atoms with E-state index in [0.29, 0.717) is 23.6 Å². The Morgan fingerprint density at radius 3 is 2.61 bits per heavy atom. The number of aromatic nitrogens is 2. The standard InChI is InChI=1S/C17H31N5O/c1-5-17(9-7-10-17)12-20-16(18-6-2)19-11-8-14-21-15(13(3)4)22-23-14/h13H,5-12H2,1-4H3,(H2,18,19,20). The summed E-state index contributed by atoms with van der Waals surface area (Å²) in [4.78, 5) is 9.17. The lowest BCUT2D eigenvalue weighted by atomic mass is 9.67. The van der Waals surface area contributed by atoms with Gasteiger partial charge in [-0.15, -0.1) is 0 Å². The molecule has 0 radical (unpaired) electrons. The molecular weight excluding hydrogens is 290 g/mol. The maximum atomic E-state index is 5.26. The zero-order valence-electron chi connectivity index (χ0n) is 15.0. The molecule has 23 heavy (non-hydrogen) atoms. The average molecular weight is 321 g/mol. The van der Waals surface area contributed by atoms with E-state index < -0.39 is 0 Å². The highest BCUT2D eigenvalue weighted by Gasteiger charge is 2.34. The molecule has 0 amide bonds. The lowest BCUT2D eigenvalue weighted by Crippen LogP contribution is -2.40. The summed E-state index contributed by atoms with van der Waals surface area (Å²) in [7, 11) is 0. The van der Waals surface area contributed by atoms with Gasteiger partial charge in [0.05, 0.1) is 0 Å². The molecule has 1 aliphatic carbocycles. The third-order valence-corrected chi connectivity index (χ3v) is 4.71. The van der Waals surface area contributed by atoms with Crippen LogP contribution in [0.25, 0.3) is 0 Å². The van der Waals surface area contributed by atoms with Gasteiger partial charge in [0.2, 0.25) is 5.89 Å². The molecule has 0 bridgehead atoms. The quantitative estimate of drug-likeness (QED) is 0.569. The zero-order chi connectivity index (χ0) is 16.7. The number of hydrogen-bond acceptors (Lipinski definition) is 4. The monoisotopic (exact) mass is 321 g/mol. The second-order valence-electron chi connectivity index (χ2n) is 6.78. The number of nitrogens with one attached hydrogen (secondary N) is 2. The van der Waals surface area contributed by atoms with Crippen LogP contribution in [0.5, 0.6) is 0 Å². The minimum Gasteiger partial charge on any atom is -0.357 e. The highest BCUT2D eigenvalue weighted by atomic mass is 16.5. The molecule has 1 saturated carbocycles. The zero-order valence-corrected chi connectivity index (χ0v) is 15.0. The van der Waals surface area contributed by atoms with Gasteiger partial charge < -0.3 is 15.2 Å². The Morgan fingerprint density at radius 1 is 1.30 bits per heavy atom. The van der Waals surface area contributed by atoms with E-state index in [0.717, 1.165) is 31.4 Å². The van der Waals surface area contributed by atoms with Gasteiger partial charge in [0.1, 0.15) is 0 Å². The first-order chi connectivity index (χ1) is 11.1. The fourth-order valence-corrected chi connectivity index (χ4v) is 2.78. The van der Waals surface area contributed by atoms with Crippen LogP contribution < -0.4 is 10.6 Å². The smallest absolute Gasteiger partial charge is 0.228 e. The second-order valence-corrected chi connectivity index (χ2v) is 6.78. The molecule has 6 nitrogen and oxygen atoms in total. The fraction of sp³-hybridized carbons (Fsp3) is 0.824. The Kier molecular flexibility index (Phi) is 6.42. The lowest BCUT2D eigenvalue weighted by molar-refractivity contribution is 0.139. The van der Waals surface area contributed by atoms with Crippen molar-refractivity contribution in [2.75, 3.05) is 19.6 Å². The van der Waals surface area contributed by atoms with Crippen molar-refractivity contribution in [3.8, 4) is 0 Å². The Labute approximate surface area is 139 Å². The molecule has 0 unspecified atom stereocenters. The van der Waals surface area contributed by atoms with Crippen molar-refractivity contribution in [1.29, 1.82) is 0 Å². The summed E-state index contributed by atoms with van der Waals surface area (Å²) >= 11 is 0. The SMILES string of the molecule is CCNC(=NCC1(CC)CCC1)NCCc1nc(C(C)C)no1. The van der Waals surface area contributed by atoms with E-state index in [4.69, 9.17) is 9.52 Å². The summed E-state index contributed by atoms with van der Waals surface area (Å²) in [5.74, 6) is 2.64. The highest BCUT2D eigenvalue weighted by Crippen LogP contribution is 2.43. The molecule has 0 saturated heterocycles. The first kappa shape index (κ1) is 17.8. The number of hydrogen-bond donors (Lipinski definition) is 2. The Morgan fingerprint density at radius 2 is 2.09 bits per heavy atom. The third-order valence-electron chi connectivity index (χ3n) is 4.71. The first-order valence-electron chi connectivity index (χ1n) is 8.93. The van der Waals surface area contributed by atoms with Crippen LogP contribution in [-0.4, -0.2) is 35.7 Å². The predicted octanol–water partition coefficient (Wildman–Crippen LogP) is 2.87. The van der Waals surface area contributed by atoms with Gasteiger partial charge in [-0.2, -0.15) is 4.98 Å². The van der Waals surface area contributed by atoms with E-state index in [9.17, 15) is 0 Å². The number of nitrogens with zero attached hydrogens (tertiary/aromatic N) is 3. The second kappa shape index (κ2) is 8.31. The molecule has 1 aromatic heterocycles. The maximum absolute atomic E-state index is 5.26. The van der Waals surface area contributed by atoms with Crippen molar-refractivity contribution >= 4 is 5.96 Å². The summed E-state index contributed by atoms with van der Waals surface area (Å²) in [6.07, 6.45) is 5.90. The summed E-state index contributed by atoms with van der Waals surface area (Å²) in [6, 6.07) is 0. The van der Waals surface area contributed by atoms with Gasteiger partial charge in [-0.3, -0.25) is 4.99 Å². The molecule has 6 heteroatoms. The molecule has 1 heterocycles. The van der Waals surface area contributed by atoms with Gasteiger partial charge in [0.15, 0.2) is 11.8 Å². The van der Waals surface area contributed by atoms with Crippen LogP contribution in [-0.2, 0) is 6.42 Å². The normalized spacial score (nSPS) is 17.2. The topological polar surface area (TPSA) is 75.3 Å². The molecule has 1 fully saturated rings. The molecule has 1 aromatic rings. The largest absolute Gasteiger partial charge is 0.357 e. The van der Waals surface area contributed by atoms with Crippen LogP contribution in [0.3, 0.4) is 0 Å². The molecule has 2 rings (SSSR count). The van der Waals surface area contributed by atoms with Crippen LogP contribution in [0, 0.1) is 5.41 Å². The summed E-state index contributed by atoms with van der Waals surface area (Å²) < 4.78 is 5.26. The van der Waals surface area contributed by atoms with Gasteiger partial charge >= 0.3 is 0 Å². The molecule has 0 spiro atoms. The summed E-state index contributed by atoms with van der Waals surface area (Å²) in [6.45, 7) is 11.0. The van der Waals surface area contributed by atoms with Crippen molar-refractivity contribution in [1.82, 2.24) is 20.8 Å². The van der Waals surface area contributed by atoms with E-state index in [-0.39, 0.29) is 0 Å². The Balaban J connectivity index is 1.81. The van der Waals surface area contributed by atoms with Crippen molar-refractivity contribution in [3.63, 3.8) is 0 Å². The van der Waals surface area contributed by atoms with E-state index in [1.807, 2.05) is 0 Å². The number of guanidine groups is 1. The Hall–Kier alpha value is -1.59. The molecule has 130 valence electrons. The van der Waals surface area contributed by atoms with Gasteiger partial charge in [0, 0.05) is 32.0 Å². The van der Waals surface area contributed by atoms with E-state index in [1.165, 1.54) is 25.7 Å². The summed E-state index contributed by atoms with van der Waals surface area (Å²) in [5, 5.41) is 10.7. The highest BCUT2D eigenvalue weighted by molar-refractivity contribution is 5.79. The van der Waals surface area contributed by atoms with Gasteiger partial charge in [-0.05, 0) is 31.6 Å². The first-order valence-corrected chi connectivity index (χ1v) is 8.93. The average Bonchev–Trinajstić information content (AvgIpc) is 2.95. The van der Waals surface area contributed by atoms with Gasteiger partial charge in [-0.1, -0.05) is 32.3 Å². The minimum atomic E-state index is 0.298. The number of aliphatic imine (C=N–C) groups is 1. The predicted molar refractivity (Wildman–Crippen MR) is 92.6 cm³/mol. The van der Waals surface area contributed by atoms with Crippen LogP contribution in [0.1, 0.15) is 71.0 Å². The molecule has 0 atom stereocenters. The van der Waals surface area contributed by atoms with Crippen molar-refractivity contribution in [2.24, 2.45) is 10.4 Å². The lowest BCUT2D eigenvalue weighted by Gasteiger charge is -2.40. The summed E-state index contributed by atoms with van der Waals surface area (Å²) in [5.41, 5.74) is 0.445. The van der Waals surface area contributed by atoms with Crippen LogP contribution in [0.4, 0.5) is 0 Å². The maximum Gasteiger partial charge on any atom is 0.228 e. The van der Waals surface area contributed by atoms with Crippen molar-refractivity contribution in [3.05, 3.63) is 11.7 Å². The molecular formula is C17H31N5O. The van der Waals surface area contributed by atoms with Crippen LogP contribution in [0.2, 0.25) is 0 Å². The molecule has 2 N–H and O–H groups in total. The molecule has 0 aromatic carbocycles. The van der Waals surface area contributed by atoms with Crippen molar-refractivity contribution < 1.29 is 4.52 Å².